The van der Waals surface area contributed by atoms with Crippen LogP contribution in [-0.2, 0) is 28.6 Å². The maximum absolute atomic E-state index is 12.7. The molecule has 0 fully saturated rings. The third-order valence-electron chi connectivity index (χ3n) is 9.87. The number of hydrogen-bond donors (Lipinski definition) is 1. The molecule has 58 heavy (non-hydrogen) atoms. The van der Waals surface area contributed by atoms with Gasteiger partial charge in [0, 0.05) is 19.3 Å². The van der Waals surface area contributed by atoms with Crippen LogP contribution in [0.15, 0.2) is 72.9 Å². The van der Waals surface area contributed by atoms with Gasteiger partial charge in [-0.1, -0.05) is 151 Å². The van der Waals surface area contributed by atoms with E-state index in [4.69, 9.17) is 14.2 Å². The fourth-order valence-electron chi connectivity index (χ4n) is 6.31. The van der Waals surface area contributed by atoms with E-state index in [2.05, 4.69) is 86.8 Å². The average Bonchev–Trinajstić information content (AvgIpc) is 3.18. The zero-order valence-electron chi connectivity index (χ0n) is 37.7. The van der Waals surface area contributed by atoms with Gasteiger partial charge < -0.3 is 23.8 Å². The normalized spacial score (nSPS) is 13.6. The van der Waals surface area contributed by atoms with Gasteiger partial charge in [0.25, 0.3) is 0 Å². The largest absolute Gasteiger partial charge is 0.477 e. The number of allylic oxidation sites excluding steroid dienone is 12. The molecule has 0 aromatic carbocycles. The number of carboxylic acids is 1. The van der Waals surface area contributed by atoms with Crippen LogP contribution in [0.25, 0.3) is 0 Å². The van der Waals surface area contributed by atoms with Crippen LogP contribution in [0.3, 0.4) is 0 Å². The van der Waals surface area contributed by atoms with Crippen molar-refractivity contribution in [2.75, 3.05) is 41.0 Å². The summed E-state index contributed by atoms with van der Waals surface area (Å²) in [5.74, 6) is -1.51. The van der Waals surface area contributed by atoms with Crippen LogP contribution in [0.5, 0.6) is 0 Å². The molecule has 0 rings (SSSR count). The fraction of sp³-hybridized carbons (Fsp3) is 0.700. The summed E-state index contributed by atoms with van der Waals surface area (Å²) in [6, 6.07) is -0.622. The molecule has 8 nitrogen and oxygen atoms in total. The number of carbonyl (C=O) groups is 3. The lowest BCUT2D eigenvalue weighted by atomic mass is 10.1. The Kier molecular flexibility index (Phi) is 38.3. The molecule has 0 aliphatic rings. The number of nitrogens with zero attached hydrogens (tertiary/aromatic N) is 1. The van der Waals surface area contributed by atoms with Gasteiger partial charge in [0.15, 0.2) is 12.1 Å². The van der Waals surface area contributed by atoms with E-state index in [1.807, 2.05) is 21.1 Å². The second kappa shape index (κ2) is 40.5. The number of esters is 2. The second-order valence-corrected chi connectivity index (χ2v) is 16.3. The lowest BCUT2D eigenvalue weighted by Crippen LogP contribution is -2.50. The second-order valence-electron chi connectivity index (χ2n) is 16.3. The maximum atomic E-state index is 12.7. The van der Waals surface area contributed by atoms with Crippen molar-refractivity contribution in [3.63, 3.8) is 0 Å². The molecule has 0 aromatic heterocycles. The predicted octanol–water partition coefficient (Wildman–Crippen LogP) is 12.7. The monoisotopic (exact) mass is 813 g/mol. The van der Waals surface area contributed by atoms with E-state index in [9.17, 15) is 19.5 Å². The van der Waals surface area contributed by atoms with Crippen molar-refractivity contribution in [3.05, 3.63) is 72.9 Å². The van der Waals surface area contributed by atoms with Crippen LogP contribution in [0.4, 0.5) is 0 Å². The molecule has 0 saturated carbocycles. The molecule has 0 bridgehead atoms. The van der Waals surface area contributed by atoms with Gasteiger partial charge in [0.2, 0.25) is 0 Å². The highest BCUT2D eigenvalue weighted by Crippen LogP contribution is 2.13. The van der Waals surface area contributed by atoms with Crippen molar-refractivity contribution in [1.82, 2.24) is 0 Å². The molecule has 332 valence electrons. The third-order valence-corrected chi connectivity index (χ3v) is 9.87. The number of ether oxygens (including phenoxy) is 3. The standard InChI is InChI=1S/C50H85NO7/c1-6-8-10-12-14-16-18-20-22-23-24-25-27-28-30-32-34-36-38-40-48(52)57-45-46(44-56-43-42-47(50(54)55)51(3,4)5)58-49(53)41-39-37-35-33-31-29-26-21-19-17-15-13-11-9-7-2/h8,10,14-17,19-22,24-25,46-47H,6-7,9,11-13,18,23,26-45H2,1-5H3/p+1/b10-8+,16-14+,17-15+,21-19+,22-20+,25-24+. The van der Waals surface area contributed by atoms with Gasteiger partial charge in [-0.25, -0.2) is 4.79 Å². The SMILES string of the molecule is CC/C=C/C/C=C/C/C=C/C/C=C/CCCCCCCCC(=O)OCC(COCCC(C(=O)O)[N+](C)(C)C)OC(=O)CCCCCCCC/C=C/C=C/CCCCC. The van der Waals surface area contributed by atoms with Gasteiger partial charge >= 0.3 is 17.9 Å². The van der Waals surface area contributed by atoms with Crippen molar-refractivity contribution in [3.8, 4) is 0 Å². The Morgan fingerprint density at radius 1 is 0.552 bits per heavy atom. The molecular formula is C50H86NO7+. The molecule has 1 N–H and O–H groups in total. The summed E-state index contributed by atoms with van der Waals surface area (Å²) in [4.78, 5) is 37.0. The summed E-state index contributed by atoms with van der Waals surface area (Å²) < 4.78 is 17.3. The smallest absolute Gasteiger partial charge is 0.362 e. The Hall–Kier alpha value is -3.23. The highest BCUT2D eigenvalue weighted by Gasteiger charge is 2.31. The van der Waals surface area contributed by atoms with E-state index in [0.717, 1.165) is 96.3 Å². The molecule has 0 radical (unpaired) electrons. The van der Waals surface area contributed by atoms with Crippen LogP contribution in [0.1, 0.15) is 174 Å². The van der Waals surface area contributed by atoms with E-state index >= 15 is 0 Å². The number of carboxylic acid groups (broad SMARTS) is 1. The lowest BCUT2D eigenvalue weighted by Gasteiger charge is -2.31. The number of likely N-dealkylation sites (N-methyl/N-ethyl adjacent to an activating group) is 1. The van der Waals surface area contributed by atoms with Gasteiger partial charge in [-0.05, 0) is 77.0 Å². The Morgan fingerprint density at radius 3 is 1.53 bits per heavy atom. The first kappa shape index (κ1) is 54.8. The minimum absolute atomic E-state index is 0.0481. The topological polar surface area (TPSA) is 99.1 Å². The molecule has 0 saturated heterocycles. The molecule has 0 heterocycles. The lowest BCUT2D eigenvalue weighted by molar-refractivity contribution is -0.887. The summed E-state index contributed by atoms with van der Waals surface area (Å²) in [5.41, 5.74) is 0. The number of aliphatic carboxylic acids is 1. The maximum Gasteiger partial charge on any atom is 0.362 e. The zero-order valence-corrected chi connectivity index (χ0v) is 37.7. The number of quaternary nitrogens is 1. The van der Waals surface area contributed by atoms with E-state index in [1.165, 1.54) is 44.9 Å². The van der Waals surface area contributed by atoms with Gasteiger partial charge in [-0.2, -0.15) is 0 Å². The number of unbranched alkanes of at least 4 members (excludes halogenated alkanes) is 15. The number of rotatable bonds is 40. The molecule has 8 heteroatoms. The summed E-state index contributed by atoms with van der Waals surface area (Å²) in [7, 11) is 5.51. The van der Waals surface area contributed by atoms with Gasteiger partial charge in [-0.15, -0.1) is 0 Å². The van der Waals surface area contributed by atoms with E-state index in [0.29, 0.717) is 19.3 Å². The van der Waals surface area contributed by atoms with E-state index in [-0.39, 0.29) is 36.2 Å². The van der Waals surface area contributed by atoms with E-state index < -0.39 is 18.1 Å². The fourth-order valence-corrected chi connectivity index (χ4v) is 6.31. The van der Waals surface area contributed by atoms with Crippen LogP contribution < -0.4 is 0 Å². The summed E-state index contributed by atoms with van der Waals surface area (Å²) in [6.45, 7) is 4.56. The van der Waals surface area contributed by atoms with Crippen molar-refractivity contribution < 1.29 is 38.2 Å². The summed E-state index contributed by atoms with van der Waals surface area (Å²) in [6.07, 6.45) is 50.8. The van der Waals surface area contributed by atoms with Crippen LogP contribution in [0, 0.1) is 0 Å². The van der Waals surface area contributed by atoms with Gasteiger partial charge in [-0.3, -0.25) is 9.59 Å². The molecule has 0 aliphatic carbocycles. The molecule has 0 amide bonds. The first-order chi connectivity index (χ1) is 28.1. The van der Waals surface area contributed by atoms with Gasteiger partial charge in [0.1, 0.15) is 6.61 Å². The molecule has 2 unspecified atom stereocenters. The van der Waals surface area contributed by atoms with Crippen LogP contribution >= 0.6 is 0 Å². The molecular weight excluding hydrogens is 727 g/mol. The Labute approximate surface area is 355 Å². The quantitative estimate of drug-likeness (QED) is 0.0216. The Balaban J connectivity index is 4.37. The summed E-state index contributed by atoms with van der Waals surface area (Å²) in [5, 5.41) is 9.63. The third kappa shape index (κ3) is 38.3. The summed E-state index contributed by atoms with van der Waals surface area (Å²) >= 11 is 0. The zero-order chi connectivity index (χ0) is 42.8. The van der Waals surface area contributed by atoms with Gasteiger partial charge in [0.05, 0.1) is 34.4 Å². The van der Waals surface area contributed by atoms with Crippen molar-refractivity contribution in [1.29, 1.82) is 0 Å². The first-order valence-corrected chi connectivity index (χ1v) is 23.0. The molecule has 0 aliphatic heterocycles. The highest BCUT2D eigenvalue weighted by molar-refractivity contribution is 5.72. The Bertz CT molecular complexity index is 1180. The van der Waals surface area contributed by atoms with Crippen LogP contribution in [-0.4, -0.2) is 80.6 Å². The highest BCUT2D eigenvalue weighted by atomic mass is 16.6. The Morgan fingerprint density at radius 2 is 1.02 bits per heavy atom. The van der Waals surface area contributed by atoms with E-state index in [1.54, 1.807) is 0 Å². The minimum Gasteiger partial charge on any atom is -0.477 e. The molecule has 0 spiro atoms. The number of carbonyl (C=O) groups excluding carboxylic acids is 2. The molecule has 2 atom stereocenters. The van der Waals surface area contributed by atoms with Crippen LogP contribution in [0.2, 0.25) is 0 Å². The predicted molar refractivity (Wildman–Crippen MR) is 243 cm³/mol. The van der Waals surface area contributed by atoms with Crippen molar-refractivity contribution in [2.45, 2.75) is 187 Å². The minimum atomic E-state index is -0.882. The van der Waals surface area contributed by atoms with Crippen molar-refractivity contribution in [2.24, 2.45) is 0 Å². The average molecular weight is 813 g/mol. The molecule has 0 aromatic rings. The van der Waals surface area contributed by atoms with Crippen molar-refractivity contribution >= 4 is 17.9 Å². The first-order valence-electron chi connectivity index (χ1n) is 23.0. The number of hydrogen-bond acceptors (Lipinski definition) is 6.